The molecular weight excluding hydrogens is 703 g/mol. The van der Waals surface area contributed by atoms with Crippen molar-refractivity contribution in [1.82, 2.24) is 44.7 Å². The highest BCUT2D eigenvalue weighted by atomic mass is 16.5. The van der Waals surface area contributed by atoms with E-state index in [2.05, 4.69) is 46.9 Å². The van der Waals surface area contributed by atoms with Gasteiger partial charge in [0, 0.05) is 104 Å². The molecule has 0 unspecified atom stereocenters. The molecule has 1 N–H and O–H groups in total. The van der Waals surface area contributed by atoms with Crippen LogP contribution in [0.15, 0.2) is 110 Å². The zero-order valence-corrected chi connectivity index (χ0v) is 32.1. The van der Waals surface area contributed by atoms with Gasteiger partial charge in [0.2, 0.25) is 11.9 Å². The highest BCUT2D eigenvalue weighted by Gasteiger charge is 2.37. The van der Waals surface area contributed by atoms with Crippen LogP contribution in [0.5, 0.6) is 11.5 Å². The van der Waals surface area contributed by atoms with E-state index in [4.69, 9.17) is 29.4 Å². The van der Waals surface area contributed by atoms with Crippen LogP contribution in [-0.4, -0.2) is 90.8 Å². The van der Waals surface area contributed by atoms with Crippen molar-refractivity contribution in [2.24, 2.45) is 0 Å². The summed E-state index contributed by atoms with van der Waals surface area (Å²) in [7, 11) is 0. The summed E-state index contributed by atoms with van der Waals surface area (Å²) in [5.41, 5.74) is 5.89. The zero-order valence-electron chi connectivity index (χ0n) is 32.1. The van der Waals surface area contributed by atoms with Crippen molar-refractivity contribution >= 4 is 11.9 Å². The van der Waals surface area contributed by atoms with Crippen molar-refractivity contribution in [3.8, 4) is 39.4 Å². The minimum Gasteiger partial charge on any atom is -0.492 e. The molecule has 0 aliphatic carbocycles. The van der Waals surface area contributed by atoms with Crippen LogP contribution >= 0.6 is 0 Å². The second-order valence-corrected chi connectivity index (χ2v) is 14.1. The van der Waals surface area contributed by atoms with E-state index in [1.807, 2.05) is 99.8 Å². The van der Waals surface area contributed by atoms with Gasteiger partial charge >= 0.3 is 0 Å². The van der Waals surface area contributed by atoms with Crippen LogP contribution in [0.4, 0.5) is 11.9 Å². The third kappa shape index (κ3) is 8.33. The molecule has 6 aromatic rings. The van der Waals surface area contributed by atoms with Crippen LogP contribution in [0.2, 0.25) is 0 Å². The van der Waals surface area contributed by atoms with Gasteiger partial charge in [-0.1, -0.05) is 12.1 Å². The molecule has 0 amide bonds. The summed E-state index contributed by atoms with van der Waals surface area (Å²) in [6, 6.07) is 16.6. The smallest absolute Gasteiger partial charge is 0.244 e. The van der Waals surface area contributed by atoms with Crippen molar-refractivity contribution < 1.29 is 9.47 Å². The van der Waals surface area contributed by atoms with Gasteiger partial charge in [-0.3, -0.25) is 14.9 Å². The van der Waals surface area contributed by atoms with Crippen LogP contribution in [0.3, 0.4) is 0 Å². The van der Waals surface area contributed by atoms with Gasteiger partial charge in [-0.25, -0.2) is 30.0 Å². The first-order valence-corrected chi connectivity index (χ1v) is 19.7. The van der Waals surface area contributed by atoms with Crippen molar-refractivity contribution in [3.05, 3.63) is 116 Å². The van der Waals surface area contributed by atoms with Gasteiger partial charge in [0.05, 0.1) is 25.3 Å². The Hall–Kier alpha value is -5.92. The molecule has 1 aromatic carbocycles. The Balaban J connectivity index is 1.09. The van der Waals surface area contributed by atoms with Gasteiger partial charge < -0.3 is 19.4 Å². The van der Waals surface area contributed by atoms with E-state index in [-0.39, 0.29) is 12.1 Å². The Labute approximate surface area is 328 Å². The fourth-order valence-corrected chi connectivity index (χ4v) is 7.74. The van der Waals surface area contributed by atoms with Gasteiger partial charge in [-0.2, -0.15) is 0 Å². The number of ether oxygens (including phenoxy) is 2. The van der Waals surface area contributed by atoms with E-state index in [1.54, 1.807) is 12.4 Å². The van der Waals surface area contributed by atoms with E-state index in [1.165, 1.54) is 0 Å². The van der Waals surface area contributed by atoms with Crippen molar-refractivity contribution in [2.45, 2.75) is 58.2 Å². The van der Waals surface area contributed by atoms with Crippen LogP contribution < -0.4 is 24.8 Å². The molecule has 0 radical (unpaired) electrons. The second kappa shape index (κ2) is 17.7. The summed E-state index contributed by atoms with van der Waals surface area (Å²) >= 11 is 0. The highest BCUT2D eigenvalue weighted by molar-refractivity contribution is 5.63. The van der Waals surface area contributed by atoms with Crippen LogP contribution in [-0.2, 0) is 6.54 Å². The summed E-state index contributed by atoms with van der Waals surface area (Å²) in [5, 5.41) is 8.13. The lowest BCUT2D eigenvalue weighted by Gasteiger charge is -2.47. The number of pyridine rings is 2. The van der Waals surface area contributed by atoms with E-state index >= 15 is 0 Å². The molecule has 2 aliphatic rings. The van der Waals surface area contributed by atoms with Crippen molar-refractivity contribution in [1.29, 1.82) is 0 Å². The topological polar surface area (TPSA) is 122 Å². The van der Waals surface area contributed by atoms with E-state index in [0.29, 0.717) is 25.1 Å². The molecule has 288 valence electrons. The molecule has 7 heterocycles. The Morgan fingerprint density at radius 3 is 1.61 bits per heavy atom. The van der Waals surface area contributed by atoms with E-state index in [0.717, 1.165) is 103 Å². The largest absolute Gasteiger partial charge is 0.492 e. The Morgan fingerprint density at radius 1 is 0.643 bits per heavy atom. The normalized spacial score (nSPS) is 15.4. The Bertz CT molecular complexity index is 2080. The molecule has 2 saturated heterocycles. The fraction of sp³-hybridized carbons (Fsp3) is 0.349. The van der Waals surface area contributed by atoms with Gasteiger partial charge in [0.15, 0.2) is 0 Å². The fourth-order valence-electron chi connectivity index (χ4n) is 7.74. The molecule has 0 saturated carbocycles. The number of benzene rings is 1. The molecular formula is C43H49N11O2. The van der Waals surface area contributed by atoms with Gasteiger partial charge in [0.25, 0.3) is 0 Å². The molecule has 0 bridgehead atoms. The maximum absolute atomic E-state index is 6.20. The molecule has 0 atom stereocenters. The maximum Gasteiger partial charge on any atom is 0.244 e. The minimum absolute atomic E-state index is 0.112. The lowest BCUT2D eigenvalue weighted by Crippen LogP contribution is -2.59. The number of piperidine rings is 2. The first kappa shape index (κ1) is 37.0. The molecule has 2 fully saturated rings. The number of nitrogens with zero attached hydrogens (tertiary/aromatic N) is 10. The first-order chi connectivity index (χ1) is 27.7. The number of likely N-dealkylation sites (tertiary alicyclic amines) is 1. The summed E-state index contributed by atoms with van der Waals surface area (Å²) in [6.45, 7) is 9.58. The van der Waals surface area contributed by atoms with E-state index < -0.39 is 0 Å². The monoisotopic (exact) mass is 751 g/mol. The van der Waals surface area contributed by atoms with E-state index in [9.17, 15) is 0 Å². The summed E-state index contributed by atoms with van der Waals surface area (Å²) in [4.78, 5) is 31.2. The number of aromatic nitrogens is 7. The minimum atomic E-state index is 0.112. The molecule has 2 aliphatic heterocycles. The Morgan fingerprint density at radius 2 is 1.14 bits per heavy atom. The number of nitrogens with one attached hydrogen (secondary N) is 1. The number of anilines is 2. The van der Waals surface area contributed by atoms with Gasteiger partial charge in [-0.15, -0.1) is 0 Å². The second-order valence-electron chi connectivity index (χ2n) is 14.1. The molecule has 13 heteroatoms. The van der Waals surface area contributed by atoms with Crippen LogP contribution in [0.1, 0.15) is 45.1 Å². The summed E-state index contributed by atoms with van der Waals surface area (Å²) in [6.07, 6.45) is 22.6. The average Bonchev–Trinajstić information content (AvgIpc) is 3.79. The van der Waals surface area contributed by atoms with Crippen molar-refractivity contribution in [2.75, 3.05) is 49.4 Å². The summed E-state index contributed by atoms with van der Waals surface area (Å²) < 4.78 is 14.5. The lowest BCUT2D eigenvalue weighted by atomic mass is 10.0. The number of rotatable bonds is 14. The molecule has 0 spiro atoms. The quantitative estimate of drug-likeness (QED) is 0.120. The standard InChI is InChI=1S/C43H49N11O2/c1-3-55-39-23-32(24-40(56-4-2)41(39)52-19-5-6-20-52)31-51-21-13-38(14-22-51)54(43-49-29-36(30-50-43)34-10-8-16-46-26-34)53(37-11-17-44-18-12-37)42-47-27-35(28-48-42)33-9-7-15-45-25-33/h5-10,15-16,19-20,23-30,37-38,44H,3-4,11-14,17-18,21-22,31H2,1-2H3. The SMILES string of the molecule is CCOc1cc(CN2CCC(N(c3ncc(-c4cccnc4)cn3)N(c3ncc(-c4cccnc4)cn3)C3CCNCC3)CC2)cc(OCC)c1-n1cccc1. The third-order valence-corrected chi connectivity index (χ3v) is 10.4. The van der Waals surface area contributed by atoms with Gasteiger partial charge in [0.1, 0.15) is 17.2 Å². The number of hydrogen-bond donors (Lipinski definition) is 1. The molecule has 8 rings (SSSR count). The average molecular weight is 752 g/mol. The maximum atomic E-state index is 6.20. The van der Waals surface area contributed by atoms with Crippen molar-refractivity contribution in [3.63, 3.8) is 0 Å². The number of hydrogen-bond acceptors (Lipinski definition) is 12. The first-order valence-electron chi connectivity index (χ1n) is 19.7. The molecule has 5 aromatic heterocycles. The Kier molecular flexibility index (Phi) is 11.7. The molecule has 13 nitrogen and oxygen atoms in total. The highest BCUT2D eigenvalue weighted by Crippen LogP contribution is 2.36. The third-order valence-electron chi connectivity index (χ3n) is 10.4. The predicted molar refractivity (Wildman–Crippen MR) is 218 cm³/mol. The summed E-state index contributed by atoms with van der Waals surface area (Å²) in [5.74, 6) is 2.92. The predicted octanol–water partition coefficient (Wildman–Crippen LogP) is 6.62. The molecule has 56 heavy (non-hydrogen) atoms. The lowest BCUT2D eigenvalue weighted by molar-refractivity contribution is 0.196. The number of hydrazine groups is 1. The van der Waals surface area contributed by atoms with Crippen LogP contribution in [0, 0.1) is 0 Å². The van der Waals surface area contributed by atoms with Gasteiger partial charge in [-0.05, 0) is 94.6 Å². The van der Waals surface area contributed by atoms with Crippen LogP contribution in [0.25, 0.3) is 27.9 Å². The zero-order chi connectivity index (χ0) is 38.1.